The first-order valence-electron chi connectivity index (χ1n) is 4.44. The summed E-state index contributed by atoms with van der Waals surface area (Å²) in [7, 11) is 0. The van der Waals surface area contributed by atoms with Gasteiger partial charge in [0.05, 0.1) is 0 Å². The smallest absolute Gasteiger partial charge is 0.350 e. The van der Waals surface area contributed by atoms with Crippen molar-refractivity contribution < 1.29 is 29.0 Å². The van der Waals surface area contributed by atoms with Crippen molar-refractivity contribution in [2.75, 3.05) is 13.2 Å². The van der Waals surface area contributed by atoms with Crippen LogP contribution in [0.2, 0.25) is 0 Å². The lowest BCUT2D eigenvalue weighted by atomic mass is 10.4. The Morgan fingerprint density at radius 3 is 2.12 bits per heavy atom. The molecule has 0 radical (unpaired) electrons. The third-order valence-corrected chi connectivity index (χ3v) is 1.61. The van der Waals surface area contributed by atoms with Gasteiger partial charge in [-0.3, -0.25) is 0 Å². The van der Waals surface area contributed by atoms with Gasteiger partial charge in [-0.2, -0.15) is 0 Å². The van der Waals surface area contributed by atoms with Crippen molar-refractivity contribution in [1.82, 2.24) is 0 Å². The van der Waals surface area contributed by atoms with Crippen LogP contribution < -0.4 is 0 Å². The molecule has 0 bridgehead atoms. The first-order chi connectivity index (χ1) is 7.84. The second-order valence-electron chi connectivity index (χ2n) is 2.88. The minimum Gasteiger partial charge on any atom is -0.478 e. The van der Waals surface area contributed by atoms with Crippen molar-refractivity contribution in [3.63, 3.8) is 0 Å². The molecule has 94 valence electrons. The van der Waals surface area contributed by atoms with E-state index < -0.39 is 22.9 Å². The van der Waals surface area contributed by atoms with Crippen LogP contribution in [-0.4, -0.2) is 36.2 Å². The summed E-state index contributed by atoms with van der Waals surface area (Å²) in [6.07, 6.45) is 0.504. The van der Waals surface area contributed by atoms with Crippen LogP contribution in [0.15, 0.2) is 23.3 Å². The van der Waals surface area contributed by atoms with Gasteiger partial charge in [0.15, 0.2) is 0 Å². The molecule has 0 fully saturated rings. The standard InChI is InChI=1S/C10H11ClO6/c1-6(2)9(14)16-3-4-17-10(15)7(11)5-8(12)13/h5H,1,3-4H2,2H3,(H,12,13)/b7-5+. The van der Waals surface area contributed by atoms with Crippen molar-refractivity contribution in [3.8, 4) is 0 Å². The van der Waals surface area contributed by atoms with E-state index in [9.17, 15) is 14.4 Å². The first kappa shape index (κ1) is 15.2. The van der Waals surface area contributed by atoms with Gasteiger partial charge in [-0.15, -0.1) is 0 Å². The molecule has 0 atom stereocenters. The second-order valence-corrected chi connectivity index (χ2v) is 3.29. The average Bonchev–Trinajstić information content (AvgIpc) is 2.22. The lowest BCUT2D eigenvalue weighted by Crippen LogP contribution is -2.14. The summed E-state index contributed by atoms with van der Waals surface area (Å²) in [4.78, 5) is 32.1. The molecule has 0 aliphatic heterocycles. The van der Waals surface area contributed by atoms with Crippen molar-refractivity contribution in [2.45, 2.75) is 6.92 Å². The van der Waals surface area contributed by atoms with E-state index in [1.165, 1.54) is 6.92 Å². The van der Waals surface area contributed by atoms with Gasteiger partial charge in [0, 0.05) is 11.6 Å². The Labute approximate surface area is 102 Å². The van der Waals surface area contributed by atoms with E-state index in [4.69, 9.17) is 16.7 Å². The van der Waals surface area contributed by atoms with E-state index >= 15 is 0 Å². The van der Waals surface area contributed by atoms with E-state index in [1.54, 1.807) is 0 Å². The molecule has 0 amide bonds. The van der Waals surface area contributed by atoms with Gasteiger partial charge in [-0.1, -0.05) is 18.2 Å². The van der Waals surface area contributed by atoms with Crippen molar-refractivity contribution >= 4 is 29.5 Å². The Morgan fingerprint density at radius 2 is 1.71 bits per heavy atom. The molecule has 0 aromatic rings. The number of halogens is 1. The minimum atomic E-state index is -1.36. The highest BCUT2D eigenvalue weighted by Crippen LogP contribution is 2.03. The molecule has 0 unspecified atom stereocenters. The molecule has 7 heteroatoms. The van der Waals surface area contributed by atoms with Crippen molar-refractivity contribution in [3.05, 3.63) is 23.3 Å². The summed E-state index contributed by atoms with van der Waals surface area (Å²) in [6.45, 7) is 4.45. The zero-order valence-electron chi connectivity index (χ0n) is 9.07. The maximum Gasteiger partial charge on any atom is 0.350 e. The Morgan fingerprint density at radius 1 is 1.24 bits per heavy atom. The van der Waals surface area contributed by atoms with Gasteiger partial charge in [0.1, 0.15) is 18.2 Å². The number of esters is 2. The summed E-state index contributed by atoms with van der Waals surface area (Å²) in [5.41, 5.74) is 0.222. The molecule has 0 rings (SSSR count). The SMILES string of the molecule is C=C(C)C(=O)OCCOC(=O)/C(Cl)=C\C(=O)O. The van der Waals surface area contributed by atoms with E-state index in [-0.39, 0.29) is 18.8 Å². The van der Waals surface area contributed by atoms with Crippen LogP contribution in [0.5, 0.6) is 0 Å². The van der Waals surface area contributed by atoms with Gasteiger partial charge in [-0.05, 0) is 6.92 Å². The Hall–Kier alpha value is -1.82. The predicted molar refractivity (Wildman–Crippen MR) is 58.3 cm³/mol. The zero-order chi connectivity index (χ0) is 13.4. The van der Waals surface area contributed by atoms with Crippen LogP contribution in [-0.2, 0) is 23.9 Å². The molecule has 0 aliphatic carbocycles. The van der Waals surface area contributed by atoms with Crippen LogP contribution >= 0.6 is 11.6 Å². The highest BCUT2D eigenvalue weighted by molar-refractivity contribution is 6.42. The third-order valence-electron chi connectivity index (χ3n) is 1.34. The first-order valence-corrected chi connectivity index (χ1v) is 4.82. The molecule has 0 aliphatic rings. The number of carbonyl (C=O) groups is 3. The number of carbonyl (C=O) groups excluding carboxylic acids is 2. The van der Waals surface area contributed by atoms with Gasteiger partial charge >= 0.3 is 17.9 Å². The zero-order valence-corrected chi connectivity index (χ0v) is 9.82. The summed E-state index contributed by atoms with van der Waals surface area (Å²) < 4.78 is 9.15. The van der Waals surface area contributed by atoms with Gasteiger partial charge in [-0.25, -0.2) is 14.4 Å². The maximum absolute atomic E-state index is 11.0. The normalized spacial score (nSPS) is 10.6. The number of carboxylic acids is 1. The quantitative estimate of drug-likeness (QED) is 0.434. The lowest BCUT2D eigenvalue weighted by Gasteiger charge is -2.05. The summed E-state index contributed by atoms with van der Waals surface area (Å²) in [5, 5.41) is 7.72. The van der Waals surface area contributed by atoms with Gasteiger partial charge in [0.25, 0.3) is 0 Å². The van der Waals surface area contributed by atoms with Gasteiger partial charge in [0.2, 0.25) is 0 Å². The fraction of sp³-hybridized carbons (Fsp3) is 0.300. The Kier molecular flexibility index (Phi) is 6.65. The molecule has 0 saturated carbocycles. The van der Waals surface area contributed by atoms with Crippen LogP contribution in [0.25, 0.3) is 0 Å². The predicted octanol–water partition coefficient (Wildman–Crippen LogP) is 0.856. The summed E-state index contributed by atoms with van der Waals surface area (Å²) in [5.74, 6) is -2.96. The highest BCUT2D eigenvalue weighted by atomic mass is 35.5. The fourth-order valence-electron chi connectivity index (χ4n) is 0.628. The van der Waals surface area contributed by atoms with Crippen molar-refractivity contribution in [1.29, 1.82) is 0 Å². The van der Waals surface area contributed by atoms with E-state index in [1.807, 2.05) is 0 Å². The van der Waals surface area contributed by atoms with E-state index in [0.717, 1.165) is 0 Å². The molecule has 0 aromatic heterocycles. The number of rotatable bonds is 6. The molecule has 1 N–H and O–H groups in total. The maximum atomic E-state index is 11.0. The van der Waals surface area contributed by atoms with Crippen LogP contribution in [0, 0.1) is 0 Å². The molecule has 0 saturated heterocycles. The molecular weight excluding hydrogens is 252 g/mol. The Balaban J connectivity index is 3.91. The number of aliphatic carboxylic acids is 1. The number of ether oxygens (including phenoxy) is 2. The highest BCUT2D eigenvalue weighted by Gasteiger charge is 2.10. The molecule has 6 nitrogen and oxygen atoms in total. The van der Waals surface area contributed by atoms with Crippen LogP contribution in [0.4, 0.5) is 0 Å². The second kappa shape index (κ2) is 7.45. The fourth-order valence-corrected chi connectivity index (χ4v) is 0.776. The molecule has 17 heavy (non-hydrogen) atoms. The Bertz CT molecular complexity index is 371. The van der Waals surface area contributed by atoms with E-state index in [2.05, 4.69) is 16.1 Å². The van der Waals surface area contributed by atoms with Gasteiger partial charge < -0.3 is 14.6 Å². The lowest BCUT2D eigenvalue weighted by molar-refractivity contribution is -0.147. The molecule has 0 spiro atoms. The number of carboxylic acid groups (broad SMARTS) is 1. The molecule has 0 aromatic carbocycles. The molecule has 0 heterocycles. The molecular formula is C10H11ClO6. The van der Waals surface area contributed by atoms with Crippen LogP contribution in [0.1, 0.15) is 6.92 Å². The van der Waals surface area contributed by atoms with E-state index in [0.29, 0.717) is 6.08 Å². The third kappa shape index (κ3) is 7.13. The number of hydrogen-bond donors (Lipinski definition) is 1. The topological polar surface area (TPSA) is 89.9 Å². The summed E-state index contributed by atoms with van der Waals surface area (Å²) in [6, 6.07) is 0. The van der Waals surface area contributed by atoms with Crippen LogP contribution in [0.3, 0.4) is 0 Å². The minimum absolute atomic E-state index is 0.158. The van der Waals surface area contributed by atoms with Crippen molar-refractivity contribution in [2.24, 2.45) is 0 Å². The average molecular weight is 263 g/mol. The monoisotopic (exact) mass is 262 g/mol. The number of hydrogen-bond acceptors (Lipinski definition) is 5. The largest absolute Gasteiger partial charge is 0.478 e. The summed E-state index contributed by atoms with van der Waals surface area (Å²) >= 11 is 5.30.